The van der Waals surface area contributed by atoms with E-state index in [9.17, 15) is 0 Å². The smallest absolute Gasteiger partial charge is 0.148 e. The van der Waals surface area contributed by atoms with E-state index in [2.05, 4.69) is 32.8 Å². The predicted molar refractivity (Wildman–Crippen MR) is 61.6 cm³/mol. The molecule has 0 aromatic carbocycles. The van der Waals surface area contributed by atoms with Gasteiger partial charge in [-0.05, 0) is 21.7 Å². The monoisotopic (exact) mass is 300 g/mol. The molecular weight excluding hydrogens is 295 g/mol. The zero-order valence-electron chi connectivity index (χ0n) is 6.85. The molecule has 0 unspecified atom stereocenters. The first-order valence-electron chi connectivity index (χ1n) is 3.60. The van der Waals surface area contributed by atoms with Gasteiger partial charge in [-0.3, -0.25) is 0 Å². The van der Waals surface area contributed by atoms with E-state index in [1.54, 1.807) is 11.8 Å². The van der Waals surface area contributed by atoms with Crippen LogP contribution in [0, 0.1) is 0 Å². The Kier molecular flexibility index (Phi) is 4.80. The van der Waals surface area contributed by atoms with Crippen LogP contribution in [-0.2, 0) is 5.75 Å². The van der Waals surface area contributed by atoms with Gasteiger partial charge >= 0.3 is 0 Å². The highest BCUT2D eigenvalue weighted by Gasteiger charge is 2.08. The topological polar surface area (TPSA) is 25.8 Å². The molecule has 1 heterocycles. The van der Waals surface area contributed by atoms with E-state index in [1.807, 2.05) is 0 Å². The van der Waals surface area contributed by atoms with Gasteiger partial charge in [0.2, 0.25) is 0 Å². The first-order chi connectivity index (χ1) is 6.15. The van der Waals surface area contributed by atoms with Crippen molar-refractivity contribution in [1.82, 2.24) is 9.97 Å². The fourth-order valence-corrected chi connectivity index (χ4v) is 1.81. The number of hydrogen-bond acceptors (Lipinski definition) is 3. The molecule has 1 aromatic heterocycles. The summed E-state index contributed by atoms with van der Waals surface area (Å²) < 4.78 is 0.557. The van der Waals surface area contributed by atoms with Crippen LogP contribution in [0.5, 0.6) is 0 Å². The molecule has 0 aliphatic heterocycles. The van der Waals surface area contributed by atoms with Gasteiger partial charge in [-0.2, -0.15) is 11.8 Å². The Morgan fingerprint density at radius 2 is 1.85 bits per heavy atom. The molecule has 0 aliphatic rings. The molecule has 0 aliphatic carbocycles. The second-order valence-electron chi connectivity index (χ2n) is 2.17. The highest BCUT2D eigenvalue weighted by molar-refractivity contribution is 9.10. The van der Waals surface area contributed by atoms with E-state index >= 15 is 0 Å². The average molecular weight is 302 g/mol. The molecule has 0 spiro atoms. The Bertz CT molecular complexity index is 286. The number of hydrogen-bond donors (Lipinski definition) is 0. The lowest BCUT2D eigenvalue weighted by molar-refractivity contribution is 1.03. The van der Waals surface area contributed by atoms with Crippen molar-refractivity contribution >= 4 is 50.9 Å². The van der Waals surface area contributed by atoms with Gasteiger partial charge in [-0.1, -0.05) is 30.1 Å². The molecule has 0 fully saturated rings. The lowest BCUT2D eigenvalue weighted by atomic mass is 10.6. The molecule has 0 atom stereocenters. The lowest BCUT2D eigenvalue weighted by Gasteiger charge is -2.02. The van der Waals surface area contributed by atoms with Crippen molar-refractivity contribution in [2.45, 2.75) is 12.7 Å². The summed E-state index contributed by atoms with van der Waals surface area (Å²) in [5.41, 5.74) is 0. The van der Waals surface area contributed by atoms with Crippen LogP contribution in [0.25, 0.3) is 0 Å². The van der Waals surface area contributed by atoms with Crippen LogP contribution >= 0.6 is 50.9 Å². The molecule has 2 nitrogen and oxygen atoms in total. The summed E-state index contributed by atoms with van der Waals surface area (Å²) >= 11 is 16.5. The van der Waals surface area contributed by atoms with Gasteiger partial charge in [0.1, 0.15) is 16.1 Å². The van der Waals surface area contributed by atoms with E-state index < -0.39 is 0 Å². The van der Waals surface area contributed by atoms with Gasteiger partial charge in [-0.15, -0.1) is 0 Å². The molecular formula is C7H7BrCl2N2S. The standard InChI is InChI=1S/C7H7BrCl2N2S/c1-2-13-3-4-11-6(9)5(8)7(10)12-4/h2-3H2,1H3. The van der Waals surface area contributed by atoms with Crippen molar-refractivity contribution in [2.24, 2.45) is 0 Å². The van der Waals surface area contributed by atoms with Crippen molar-refractivity contribution in [3.8, 4) is 0 Å². The summed E-state index contributed by atoms with van der Waals surface area (Å²) in [5, 5.41) is 0.735. The Hall–Kier alpha value is 0.490. The average Bonchev–Trinajstić information content (AvgIpc) is 2.10. The summed E-state index contributed by atoms with van der Waals surface area (Å²) in [6.07, 6.45) is 0. The van der Waals surface area contributed by atoms with Gasteiger partial charge in [0, 0.05) is 0 Å². The quantitative estimate of drug-likeness (QED) is 0.794. The first kappa shape index (κ1) is 11.6. The zero-order chi connectivity index (χ0) is 9.84. The number of nitrogens with zero attached hydrogens (tertiary/aromatic N) is 2. The highest BCUT2D eigenvalue weighted by Crippen LogP contribution is 2.27. The third-order valence-electron chi connectivity index (χ3n) is 1.25. The van der Waals surface area contributed by atoms with Crippen LogP contribution in [0.2, 0.25) is 10.3 Å². The molecule has 6 heteroatoms. The highest BCUT2D eigenvalue weighted by atomic mass is 79.9. The van der Waals surface area contributed by atoms with Crippen LogP contribution < -0.4 is 0 Å². The van der Waals surface area contributed by atoms with E-state index in [0.717, 1.165) is 11.5 Å². The molecule has 0 saturated carbocycles. The summed E-state index contributed by atoms with van der Waals surface area (Å²) in [6.45, 7) is 2.08. The second-order valence-corrected chi connectivity index (χ2v) is 4.96. The van der Waals surface area contributed by atoms with Crippen LogP contribution in [0.4, 0.5) is 0 Å². The van der Waals surface area contributed by atoms with Crippen LogP contribution in [0.15, 0.2) is 4.47 Å². The van der Waals surface area contributed by atoms with Gasteiger partial charge in [0.25, 0.3) is 0 Å². The Morgan fingerprint density at radius 3 is 2.31 bits per heavy atom. The van der Waals surface area contributed by atoms with Crippen molar-refractivity contribution in [2.75, 3.05) is 5.75 Å². The fourth-order valence-electron chi connectivity index (χ4n) is 0.693. The SMILES string of the molecule is CCSCc1nc(Cl)c(Br)c(Cl)n1. The zero-order valence-corrected chi connectivity index (χ0v) is 10.8. The summed E-state index contributed by atoms with van der Waals surface area (Å²) in [4.78, 5) is 8.15. The molecule has 13 heavy (non-hydrogen) atoms. The van der Waals surface area contributed by atoms with Gasteiger partial charge in [-0.25, -0.2) is 9.97 Å². The molecule has 72 valence electrons. The Morgan fingerprint density at radius 1 is 1.31 bits per heavy atom. The van der Waals surface area contributed by atoms with Crippen molar-refractivity contribution in [1.29, 1.82) is 0 Å². The summed E-state index contributed by atoms with van der Waals surface area (Å²) in [5.74, 6) is 2.43. The fraction of sp³-hybridized carbons (Fsp3) is 0.429. The number of halogens is 3. The maximum Gasteiger partial charge on any atom is 0.148 e. The normalized spacial score (nSPS) is 10.5. The second kappa shape index (κ2) is 5.39. The van der Waals surface area contributed by atoms with E-state index in [1.165, 1.54) is 0 Å². The molecule has 0 saturated heterocycles. The maximum absolute atomic E-state index is 5.81. The van der Waals surface area contributed by atoms with E-state index in [4.69, 9.17) is 23.2 Å². The van der Waals surface area contributed by atoms with Gasteiger partial charge in [0.05, 0.1) is 10.2 Å². The summed E-state index contributed by atoms with van der Waals surface area (Å²) in [6, 6.07) is 0. The molecule has 0 N–H and O–H groups in total. The van der Waals surface area contributed by atoms with Crippen molar-refractivity contribution < 1.29 is 0 Å². The molecule has 0 amide bonds. The largest absolute Gasteiger partial charge is 0.219 e. The molecule has 0 bridgehead atoms. The van der Waals surface area contributed by atoms with Crippen molar-refractivity contribution in [3.63, 3.8) is 0 Å². The minimum absolute atomic E-state index is 0.367. The number of thioether (sulfide) groups is 1. The van der Waals surface area contributed by atoms with E-state index in [0.29, 0.717) is 20.6 Å². The predicted octanol–water partition coefficient (Wildman–Crippen LogP) is 3.80. The van der Waals surface area contributed by atoms with Gasteiger partial charge in [0.15, 0.2) is 0 Å². The number of rotatable bonds is 3. The van der Waals surface area contributed by atoms with Crippen molar-refractivity contribution in [3.05, 3.63) is 20.6 Å². The minimum Gasteiger partial charge on any atom is -0.219 e. The molecule has 1 aromatic rings. The van der Waals surface area contributed by atoms with Gasteiger partial charge < -0.3 is 0 Å². The van der Waals surface area contributed by atoms with Crippen LogP contribution in [0.3, 0.4) is 0 Å². The third kappa shape index (κ3) is 3.27. The molecule has 0 radical (unpaired) electrons. The minimum atomic E-state index is 0.367. The number of aromatic nitrogens is 2. The third-order valence-corrected chi connectivity index (χ3v) is 3.88. The molecule has 1 rings (SSSR count). The Balaban J connectivity index is 2.86. The van der Waals surface area contributed by atoms with Crippen LogP contribution in [-0.4, -0.2) is 15.7 Å². The maximum atomic E-state index is 5.81. The van der Waals surface area contributed by atoms with E-state index in [-0.39, 0.29) is 0 Å². The summed E-state index contributed by atoms with van der Waals surface area (Å²) in [7, 11) is 0. The first-order valence-corrected chi connectivity index (χ1v) is 6.30. The van der Waals surface area contributed by atoms with Crippen LogP contribution in [0.1, 0.15) is 12.7 Å². The lowest BCUT2D eigenvalue weighted by Crippen LogP contribution is -1.95. The Labute approximate surface area is 99.6 Å².